The van der Waals surface area contributed by atoms with Crippen LogP contribution in [-0.2, 0) is 0 Å². The van der Waals surface area contributed by atoms with Gasteiger partial charge in [-0.25, -0.2) is 9.97 Å². The summed E-state index contributed by atoms with van der Waals surface area (Å²) in [4.78, 5) is 20.9. The van der Waals surface area contributed by atoms with E-state index in [9.17, 15) is 0 Å². The second-order valence-electron chi connectivity index (χ2n) is 11.2. The molecular formula is C27H33N9S. The highest BCUT2D eigenvalue weighted by Crippen LogP contribution is 2.48. The number of hydrogen-bond donors (Lipinski definition) is 2. The molecule has 3 N–H and O–H groups in total. The highest BCUT2D eigenvalue weighted by Gasteiger charge is 2.44. The lowest BCUT2D eigenvalue weighted by atomic mass is 9.82. The Morgan fingerprint density at radius 3 is 2.78 bits per heavy atom. The average Bonchev–Trinajstić information content (AvgIpc) is 3.70. The van der Waals surface area contributed by atoms with Crippen LogP contribution in [0.4, 0.5) is 17.6 Å². The normalized spacial score (nSPS) is 27.8. The van der Waals surface area contributed by atoms with Crippen LogP contribution in [0, 0.1) is 24.7 Å². The van der Waals surface area contributed by atoms with Crippen LogP contribution in [0.5, 0.6) is 0 Å². The van der Waals surface area contributed by atoms with Crippen molar-refractivity contribution in [3.8, 4) is 5.82 Å². The Balaban J connectivity index is 1.03. The molecule has 2 saturated carbocycles. The van der Waals surface area contributed by atoms with E-state index in [2.05, 4.69) is 54.7 Å². The van der Waals surface area contributed by atoms with Gasteiger partial charge in [0.15, 0.2) is 5.82 Å². The maximum absolute atomic E-state index is 6.21. The Morgan fingerprint density at radius 1 is 1.11 bits per heavy atom. The Hall–Kier alpha value is -3.11. The standard InChI is InChI=1S/C27H33N9S/c1-15-12-35(22-10-17-3-4-18(22)9-17)8-7-20(15)21-6-5-19(11-29-21)32-27-33-26(28)36(34-27)25-24-23(30-14-31-25)16(2)13-37-24/h5-6,11,13-15,17-18,20,22H,3-4,7-10,12H2,1-2H3,(H3,28,32,33,34). The van der Waals surface area contributed by atoms with Crippen molar-refractivity contribution < 1.29 is 0 Å². The van der Waals surface area contributed by atoms with Crippen LogP contribution in [0.3, 0.4) is 0 Å². The van der Waals surface area contributed by atoms with Crippen molar-refractivity contribution in [3.63, 3.8) is 0 Å². The molecule has 4 aromatic rings. The molecule has 0 aromatic carbocycles. The van der Waals surface area contributed by atoms with Crippen molar-refractivity contribution in [1.82, 2.24) is 34.6 Å². The SMILES string of the molecule is Cc1csc2c(-n3nc(Nc4ccc(C5CCN(C6CC7CCC6C7)CC5C)nc4)nc3N)ncnc12. The zero-order valence-electron chi connectivity index (χ0n) is 21.3. The van der Waals surface area contributed by atoms with Crippen molar-refractivity contribution in [2.45, 2.75) is 57.9 Å². The molecule has 1 aliphatic heterocycles. The lowest BCUT2D eigenvalue weighted by Gasteiger charge is -2.42. The number of piperidine rings is 1. The molecule has 0 radical (unpaired) electrons. The van der Waals surface area contributed by atoms with Crippen molar-refractivity contribution in [1.29, 1.82) is 0 Å². The maximum atomic E-state index is 6.21. The molecule has 0 spiro atoms. The number of nitrogens with zero attached hydrogens (tertiary/aromatic N) is 7. The van der Waals surface area contributed by atoms with E-state index in [1.165, 1.54) is 57.2 Å². The summed E-state index contributed by atoms with van der Waals surface area (Å²) in [5, 5.41) is 9.89. The smallest absolute Gasteiger partial charge is 0.248 e. The Labute approximate surface area is 220 Å². The minimum atomic E-state index is 0.272. The Bertz CT molecular complexity index is 1430. The molecule has 5 unspecified atom stereocenters. The number of likely N-dealkylation sites (tertiary alicyclic amines) is 1. The van der Waals surface area contributed by atoms with Gasteiger partial charge in [0.1, 0.15) is 6.33 Å². The molecule has 37 heavy (non-hydrogen) atoms. The van der Waals surface area contributed by atoms with Gasteiger partial charge in [-0.15, -0.1) is 16.4 Å². The van der Waals surface area contributed by atoms with Gasteiger partial charge < -0.3 is 11.1 Å². The summed E-state index contributed by atoms with van der Waals surface area (Å²) >= 11 is 1.58. The third kappa shape index (κ3) is 4.06. The molecule has 3 fully saturated rings. The molecule has 10 heteroatoms. The van der Waals surface area contributed by atoms with Gasteiger partial charge in [-0.3, -0.25) is 9.88 Å². The first-order chi connectivity index (χ1) is 18.0. The third-order valence-corrected chi connectivity index (χ3v) is 9.96. The number of rotatable bonds is 5. The fourth-order valence-electron chi connectivity index (χ4n) is 7.05. The van der Waals surface area contributed by atoms with Gasteiger partial charge in [0.05, 0.1) is 22.1 Å². The van der Waals surface area contributed by atoms with Crippen LogP contribution in [0.2, 0.25) is 0 Å². The molecule has 2 bridgehead atoms. The molecule has 9 nitrogen and oxygen atoms in total. The fraction of sp³-hybridized carbons (Fsp3) is 0.519. The lowest BCUT2D eigenvalue weighted by Crippen LogP contribution is -2.46. The minimum Gasteiger partial charge on any atom is -0.368 e. The first-order valence-electron chi connectivity index (χ1n) is 13.4. The maximum Gasteiger partial charge on any atom is 0.248 e. The summed E-state index contributed by atoms with van der Waals surface area (Å²) in [6.07, 6.45) is 10.4. The van der Waals surface area contributed by atoms with E-state index < -0.39 is 0 Å². The van der Waals surface area contributed by atoms with Gasteiger partial charge >= 0.3 is 0 Å². The number of nitrogens with two attached hydrogens (primary N) is 1. The zero-order valence-corrected chi connectivity index (χ0v) is 22.2. The summed E-state index contributed by atoms with van der Waals surface area (Å²) in [5.41, 5.74) is 10.3. The van der Waals surface area contributed by atoms with Gasteiger partial charge in [0.25, 0.3) is 0 Å². The molecule has 5 heterocycles. The van der Waals surface area contributed by atoms with E-state index >= 15 is 0 Å². The van der Waals surface area contributed by atoms with E-state index in [1.54, 1.807) is 16.0 Å². The lowest BCUT2D eigenvalue weighted by molar-refractivity contribution is 0.0816. The monoisotopic (exact) mass is 515 g/mol. The van der Waals surface area contributed by atoms with Crippen LogP contribution < -0.4 is 11.1 Å². The predicted octanol–water partition coefficient (Wildman–Crippen LogP) is 4.92. The fourth-order valence-corrected chi connectivity index (χ4v) is 8.02. The number of aromatic nitrogens is 6. The second kappa shape index (κ2) is 9.02. The van der Waals surface area contributed by atoms with E-state index in [4.69, 9.17) is 10.7 Å². The van der Waals surface area contributed by atoms with Gasteiger partial charge in [0.2, 0.25) is 11.9 Å². The van der Waals surface area contributed by atoms with E-state index in [-0.39, 0.29) is 5.95 Å². The highest BCUT2D eigenvalue weighted by molar-refractivity contribution is 7.17. The van der Waals surface area contributed by atoms with E-state index in [0.717, 1.165) is 39.3 Å². The van der Waals surface area contributed by atoms with Crippen LogP contribution in [0.1, 0.15) is 56.2 Å². The largest absolute Gasteiger partial charge is 0.368 e. The molecule has 0 amide bonds. The van der Waals surface area contributed by atoms with Crippen molar-refractivity contribution >= 4 is 39.1 Å². The summed E-state index contributed by atoms with van der Waals surface area (Å²) in [7, 11) is 0. The number of fused-ring (bicyclic) bond motifs is 3. The van der Waals surface area contributed by atoms with Crippen molar-refractivity contribution in [2.75, 3.05) is 24.1 Å². The Kier molecular flexibility index (Phi) is 5.62. The average molecular weight is 516 g/mol. The number of aryl methyl sites for hydroxylation is 1. The molecule has 1 saturated heterocycles. The second-order valence-corrected chi connectivity index (χ2v) is 12.1. The number of pyridine rings is 1. The zero-order chi connectivity index (χ0) is 25.1. The van der Waals surface area contributed by atoms with Crippen LogP contribution in [0.25, 0.3) is 16.0 Å². The van der Waals surface area contributed by atoms with E-state index in [1.807, 2.05) is 13.1 Å². The molecule has 2 aliphatic carbocycles. The first kappa shape index (κ1) is 23.0. The predicted molar refractivity (Wildman–Crippen MR) is 146 cm³/mol. The number of anilines is 3. The first-order valence-corrected chi connectivity index (χ1v) is 14.3. The van der Waals surface area contributed by atoms with E-state index in [0.29, 0.717) is 23.6 Å². The van der Waals surface area contributed by atoms with Crippen LogP contribution in [-0.4, -0.2) is 53.7 Å². The molecule has 5 atom stereocenters. The number of nitrogens with one attached hydrogen (secondary N) is 1. The molecule has 4 aromatic heterocycles. The van der Waals surface area contributed by atoms with Crippen LogP contribution in [0.15, 0.2) is 30.0 Å². The summed E-state index contributed by atoms with van der Waals surface area (Å²) in [5.74, 6) is 4.41. The van der Waals surface area contributed by atoms with Crippen molar-refractivity contribution in [3.05, 3.63) is 41.3 Å². The number of nitrogen functional groups attached to an aromatic ring is 1. The van der Waals surface area contributed by atoms with Gasteiger partial charge in [0, 0.05) is 24.2 Å². The van der Waals surface area contributed by atoms with Gasteiger partial charge in [-0.1, -0.05) is 13.3 Å². The Morgan fingerprint density at radius 2 is 2.03 bits per heavy atom. The minimum absolute atomic E-state index is 0.272. The van der Waals surface area contributed by atoms with Crippen molar-refractivity contribution in [2.24, 2.45) is 17.8 Å². The van der Waals surface area contributed by atoms with Gasteiger partial charge in [-0.2, -0.15) is 9.67 Å². The topological polar surface area (TPSA) is 111 Å². The third-order valence-electron chi connectivity index (χ3n) is 8.87. The molecule has 7 rings (SSSR count). The van der Waals surface area contributed by atoms with Crippen LogP contribution >= 0.6 is 11.3 Å². The summed E-state index contributed by atoms with van der Waals surface area (Å²) in [6, 6.07) is 5.06. The number of thiophene rings is 1. The highest BCUT2D eigenvalue weighted by atomic mass is 32.1. The summed E-state index contributed by atoms with van der Waals surface area (Å²) in [6.45, 7) is 6.83. The number of hydrogen-bond acceptors (Lipinski definition) is 9. The molecule has 192 valence electrons. The molecule has 3 aliphatic rings. The van der Waals surface area contributed by atoms with Gasteiger partial charge in [-0.05, 0) is 80.0 Å². The molecular weight excluding hydrogens is 482 g/mol. The quantitative estimate of drug-likeness (QED) is 0.386. The summed E-state index contributed by atoms with van der Waals surface area (Å²) < 4.78 is 2.50.